The summed E-state index contributed by atoms with van der Waals surface area (Å²) in [5.41, 5.74) is -0.267. The molecule has 0 N–H and O–H groups in total. The first-order chi connectivity index (χ1) is 8.50. The number of likely N-dealkylation sites (tertiary alicyclic amines) is 1. The van der Waals surface area contributed by atoms with Crippen molar-refractivity contribution in [3.63, 3.8) is 0 Å². The number of nitrogens with zero attached hydrogens (tertiary/aromatic N) is 2. The van der Waals surface area contributed by atoms with Crippen LogP contribution in [0.4, 0.5) is 0 Å². The molecule has 1 aliphatic heterocycles. The van der Waals surface area contributed by atoms with Crippen LogP contribution >= 0.6 is 0 Å². The van der Waals surface area contributed by atoms with Gasteiger partial charge in [0.25, 0.3) is 0 Å². The molecule has 4 heteroatoms. The number of carbonyl (C=O) groups excluding carboxylic acids is 1. The number of ether oxygens (including phenoxy) is 1. The summed E-state index contributed by atoms with van der Waals surface area (Å²) in [7, 11) is 1.45. The van der Waals surface area contributed by atoms with Gasteiger partial charge in [-0.15, -0.1) is 0 Å². The van der Waals surface area contributed by atoms with E-state index in [2.05, 4.69) is 11.0 Å². The second kappa shape index (κ2) is 6.75. The van der Waals surface area contributed by atoms with Crippen LogP contribution in [0, 0.1) is 16.7 Å². The van der Waals surface area contributed by atoms with Crippen LogP contribution in [-0.2, 0) is 9.53 Å². The summed E-state index contributed by atoms with van der Waals surface area (Å²) in [4.78, 5) is 13.9. The van der Waals surface area contributed by atoms with E-state index < -0.39 is 0 Å². The van der Waals surface area contributed by atoms with E-state index in [0.717, 1.165) is 45.2 Å². The maximum absolute atomic E-state index is 11.7. The first-order valence-corrected chi connectivity index (χ1v) is 6.73. The van der Waals surface area contributed by atoms with Crippen LogP contribution in [0.5, 0.6) is 0 Å². The molecule has 0 amide bonds. The third kappa shape index (κ3) is 4.30. The zero-order valence-corrected chi connectivity index (χ0v) is 11.7. The molecule has 4 nitrogen and oxygen atoms in total. The number of hydrogen-bond acceptors (Lipinski definition) is 4. The molecule has 1 heterocycles. The number of nitriles is 1. The van der Waals surface area contributed by atoms with Crippen molar-refractivity contribution in [2.24, 2.45) is 5.41 Å². The van der Waals surface area contributed by atoms with E-state index >= 15 is 0 Å². The maximum Gasteiger partial charge on any atom is 0.323 e. The fourth-order valence-electron chi connectivity index (χ4n) is 2.44. The van der Waals surface area contributed by atoms with Crippen LogP contribution < -0.4 is 0 Å². The summed E-state index contributed by atoms with van der Waals surface area (Å²) >= 11 is 0. The van der Waals surface area contributed by atoms with E-state index in [1.807, 2.05) is 13.8 Å². The van der Waals surface area contributed by atoms with Crippen LogP contribution in [0.15, 0.2) is 0 Å². The lowest BCUT2D eigenvalue weighted by Crippen LogP contribution is -2.45. The molecule has 1 rings (SSSR count). The topological polar surface area (TPSA) is 53.3 Å². The molecule has 1 atom stereocenters. The fourth-order valence-corrected chi connectivity index (χ4v) is 2.44. The largest absolute Gasteiger partial charge is 0.468 e. The van der Waals surface area contributed by atoms with E-state index in [1.54, 1.807) is 0 Å². The number of esters is 1. The van der Waals surface area contributed by atoms with E-state index in [0.29, 0.717) is 0 Å². The Morgan fingerprint density at radius 2 is 2.22 bits per heavy atom. The smallest absolute Gasteiger partial charge is 0.323 e. The Labute approximate surface area is 110 Å². The van der Waals surface area contributed by atoms with Crippen molar-refractivity contribution in [1.29, 1.82) is 5.26 Å². The molecular formula is C14H24N2O2. The Kier molecular flexibility index (Phi) is 5.61. The Hall–Kier alpha value is -1.08. The van der Waals surface area contributed by atoms with Gasteiger partial charge in [-0.1, -0.05) is 6.42 Å². The average Bonchev–Trinajstić information content (AvgIpc) is 2.38. The zero-order chi connectivity index (χ0) is 13.6. The van der Waals surface area contributed by atoms with Crippen molar-refractivity contribution in [2.75, 3.05) is 20.2 Å². The van der Waals surface area contributed by atoms with Crippen LogP contribution in [-0.4, -0.2) is 37.1 Å². The summed E-state index contributed by atoms with van der Waals surface area (Å²) < 4.78 is 4.86. The molecule has 102 valence electrons. The molecule has 0 radical (unpaired) electrons. The van der Waals surface area contributed by atoms with Gasteiger partial charge in [-0.2, -0.15) is 5.26 Å². The molecule has 1 aliphatic rings. The van der Waals surface area contributed by atoms with Crippen molar-refractivity contribution in [1.82, 2.24) is 4.90 Å². The van der Waals surface area contributed by atoms with Gasteiger partial charge in [-0.05, 0) is 52.6 Å². The summed E-state index contributed by atoms with van der Waals surface area (Å²) in [6.45, 7) is 5.76. The minimum Gasteiger partial charge on any atom is -0.468 e. The van der Waals surface area contributed by atoms with Crippen LogP contribution in [0.2, 0.25) is 0 Å². The standard InChI is InChI=1S/C14H24N2O2/c1-14(2,11-15)8-6-10-16-9-5-4-7-12(16)13(17)18-3/h12H,4-10H2,1-3H3/t12-/m1/s1. The maximum atomic E-state index is 11.7. The van der Waals surface area contributed by atoms with Crippen molar-refractivity contribution < 1.29 is 9.53 Å². The van der Waals surface area contributed by atoms with E-state index in [-0.39, 0.29) is 17.4 Å². The Morgan fingerprint density at radius 3 is 2.83 bits per heavy atom. The third-order valence-corrected chi connectivity index (χ3v) is 3.64. The van der Waals surface area contributed by atoms with Crippen LogP contribution in [0.25, 0.3) is 0 Å². The Bertz CT molecular complexity index is 320. The molecule has 0 spiro atoms. The molecule has 0 aliphatic carbocycles. The van der Waals surface area contributed by atoms with Crippen molar-refractivity contribution in [3.05, 3.63) is 0 Å². The highest BCUT2D eigenvalue weighted by Crippen LogP contribution is 2.23. The van der Waals surface area contributed by atoms with Gasteiger partial charge in [0, 0.05) is 0 Å². The molecule has 1 fully saturated rings. The van der Waals surface area contributed by atoms with Crippen molar-refractivity contribution in [2.45, 2.75) is 52.0 Å². The molecule has 0 aromatic heterocycles. The number of rotatable bonds is 5. The first kappa shape index (κ1) is 15.0. The third-order valence-electron chi connectivity index (χ3n) is 3.64. The minimum atomic E-state index is -0.267. The lowest BCUT2D eigenvalue weighted by atomic mass is 9.89. The van der Waals surface area contributed by atoms with Gasteiger partial charge >= 0.3 is 5.97 Å². The number of carbonyl (C=O) groups is 1. The summed E-state index contributed by atoms with van der Waals surface area (Å²) in [6, 6.07) is 2.24. The van der Waals surface area contributed by atoms with E-state index in [1.165, 1.54) is 7.11 Å². The Morgan fingerprint density at radius 1 is 1.50 bits per heavy atom. The Balaban J connectivity index is 2.43. The van der Waals surface area contributed by atoms with Crippen LogP contribution in [0.1, 0.15) is 46.0 Å². The van der Waals surface area contributed by atoms with Gasteiger partial charge in [-0.3, -0.25) is 9.69 Å². The highest BCUT2D eigenvalue weighted by molar-refractivity contribution is 5.75. The lowest BCUT2D eigenvalue weighted by Gasteiger charge is -2.34. The quantitative estimate of drug-likeness (QED) is 0.705. The van der Waals surface area contributed by atoms with E-state index in [4.69, 9.17) is 10.00 Å². The van der Waals surface area contributed by atoms with Gasteiger partial charge in [0.2, 0.25) is 0 Å². The predicted molar refractivity (Wildman–Crippen MR) is 69.9 cm³/mol. The molecular weight excluding hydrogens is 228 g/mol. The normalized spacial score (nSPS) is 21.3. The zero-order valence-electron chi connectivity index (χ0n) is 11.7. The summed E-state index contributed by atoms with van der Waals surface area (Å²) in [6.07, 6.45) is 4.96. The van der Waals surface area contributed by atoms with E-state index in [9.17, 15) is 4.79 Å². The van der Waals surface area contributed by atoms with Crippen molar-refractivity contribution in [3.8, 4) is 6.07 Å². The number of hydrogen-bond donors (Lipinski definition) is 0. The highest BCUT2D eigenvalue weighted by Gasteiger charge is 2.29. The fraction of sp³-hybridized carbons (Fsp3) is 0.857. The van der Waals surface area contributed by atoms with Gasteiger partial charge < -0.3 is 4.74 Å². The molecule has 0 bridgehead atoms. The van der Waals surface area contributed by atoms with Gasteiger partial charge in [0.05, 0.1) is 18.6 Å². The molecule has 18 heavy (non-hydrogen) atoms. The van der Waals surface area contributed by atoms with Gasteiger partial charge in [0.1, 0.15) is 6.04 Å². The number of methoxy groups -OCH3 is 1. The minimum absolute atomic E-state index is 0.0750. The molecule has 0 aromatic rings. The van der Waals surface area contributed by atoms with Crippen LogP contribution in [0.3, 0.4) is 0 Å². The average molecular weight is 252 g/mol. The SMILES string of the molecule is COC(=O)[C@H]1CCCCN1CCCC(C)(C)C#N. The second-order valence-corrected chi connectivity index (χ2v) is 5.67. The van der Waals surface area contributed by atoms with Gasteiger partial charge in [-0.25, -0.2) is 0 Å². The second-order valence-electron chi connectivity index (χ2n) is 5.67. The predicted octanol–water partition coefficient (Wildman–Crippen LogP) is 2.34. The first-order valence-electron chi connectivity index (χ1n) is 6.73. The lowest BCUT2D eigenvalue weighted by molar-refractivity contribution is -0.148. The summed E-state index contributed by atoms with van der Waals surface area (Å²) in [5.74, 6) is -0.116. The molecule has 0 aromatic carbocycles. The molecule has 0 saturated carbocycles. The molecule has 0 unspecified atom stereocenters. The van der Waals surface area contributed by atoms with Gasteiger partial charge in [0.15, 0.2) is 0 Å². The number of piperidine rings is 1. The highest BCUT2D eigenvalue weighted by atomic mass is 16.5. The van der Waals surface area contributed by atoms with Crippen molar-refractivity contribution >= 4 is 5.97 Å². The summed E-state index contributed by atoms with van der Waals surface area (Å²) in [5, 5.41) is 8.97. The molecule has 1 saturated heterocycles. The monoisotopic (exact) mass is 252 g/mol.